The standard InChI is InChI=1S/C10H17IN4O/c1-10(13,9(12)16)4-2-3-5-15-7-8(11)6-14-15/h6-7H,2-5,13H2,1H3,(H2,12,16). The summed E-state index contributed by atoms with van der Waals surface area (Å²) < 4.78 is 3.01. The molecule has 16 heavy (non-hydrogen) atoms. The first-order valence-corrected chi connectivity index (χ1v) is 6.26. The number of hydrogen-bond donors (Lipinski definition) is 2. The molecule has 1 aromatic rings. The van der Waals surface area contributed by atoms with Crippen molar-refractivity contribution >= 4 is 28.5 Å². The highest BCUT2D eigenvalue weighted by molar-refractivity contribution is 14.1. The van der Waals surface area contributed by atoms with Crippen molar-refractivity contribution in [3.63, 3.8) is 0 Å². The molecule has 0 aliphatic rings. The fourth-order valence-corrected chi connectivity index (χ4v) is 1.80. The van der Waals surface area contributed by atoms with Gasteiger partial charge in [-0.2, -0.15) is 5.10 Å². The molecule has 0 saturated heterocycles. The van der Waals surface area contributed by atoms with E-state index in [1.807, 2.05) is 17.1 Å². The summed E-state index contributed by atoms with van der Waals surface area (Å²) in [5.74, 6) is -0.443. The maximum Gasteiger partial charge on any atom is 0.237 e. The molecule has 0 bridgehead atoms. The van der Waals surface area contributed by atoms with Gasteiger partial charge in [0.15, 0.2) is 0 Å². The summed E-state index contributed by atoms with van der Waals surface area (Å²) in [6, 6.07) is 0. The average molecular weight is 336 g/mol. The van der Waals surface area contributed by atoms with Gasteiger partial charge in [0.2, 0.25) is 5.91 Å². The minimum Gasteiger partial charge on any atom is -0.368 e. The molecule has 1 unspecified atom stereocenters. The van der Waals surface area contributed by atoms with Crippen molar-refractivity contribution < 1.29 is 4.79 Å². The molecule has 0 aliphatic carbocycles. The second-order valence-electron chi connectivity index (χ2n) is 4.16. The normalized spacial score (nSPS) is 14.7. The molecule has 1 heterocycles. The van der Waals surface area contributed by atoms with E-state index >= 15 is 0 Å². The van der Waals surface area contributed by atoms with E-state index in [0.717, 1.165) is 23.0 Å². The number of carbonyl (C=O) groups excluding carboxylic acids is 1. The highest BCUT2D eigenvalue weighted by Gasteiger charge is 2.24. The van der Waals surface area contributed by atoms with E-state index < -0.39 is 11.4 Å². The molecule has 0 aromatic carbocycles. The van der Waals surface area contributed by atoms with Crippen molar-refractivity contribution in [2.75, 3.05) is 0 Å². The lowest BCUT2D eigenvalue weighted by atomic mass is 9.95. The zero-order valence-corrected chi connectivity index (χ0v) is 11.5. The van der Waals surface area contributed by atoms with Crippen LogP contribution in [0.1, 0.15) is 26.2 Å². The third-order valence-electron chi connectivity index (χ3n) is 2.50. The zero-order valence-electron chi connectivity index (χ0n) is 9.32. The molecule has 6 heteroatoms. The van der Waals surface area contributed by atoms with Crippen LogP contribution in [-0.2, 0) is 11.3 Å². The SMILES string of the molecule is CC(N)(CCCCn1cc(I)cn1)C(N)=O. The maximum atomic E-state index is 11.0. The van der Waals surface area contributed by atoms with Crippen LogP contribution in [0.15, 0.2) is 12.4 Å². The van der Waals surface area contributed by atoms with Crippen LogP contribution >= 0.6 is 22.6 Å². The fourth-order valence-electron chi connectivity index (χ4n) is 1.35. The first-order valence-electron chi connectivity index (χ1n) is 5.18. The topological polar surface area (TPSA) is 86.9 Å². The van der Waals surface area contributed by atoms with Crippen molar-refractivity contribution in [1.82, 2.24) is 9.78 Å². The van der Waals surface area contributed by atoms with Crippen LogP contribution in [0.5, 0.6) is 0 Å². The van der Waals surface area contributed by atoms with Gasteiger partial charge in [-0.1, -0.05) is 0 Å². The predicted molar refractivity (Wildman–Crippen MR) is 70.6 cm³/mol. The number of rotatable bonds is 6. The van der Waals surface area contributed by atoms with E-state index in [1.165, 1.54) is 0 Å². The number of hydrogen-bond acceptors (Lipinski definition) is 3. The van der Waals surface area contributed by atoms with Crippen LogP contribution in [0, 0.1) is 3.57 Å². The van der Waals surface area contributed by atoms with Gasteiger partial charge < -0.3 is 11.5 Å². The number of aromatic nitrogens is 2. The number of nitrogens with zero attached hydrogens (tertiary/aromatic N) is 2. The summed E-state index contributed by atoms with van der Waals surface area (Å²) in [6.45, 7) is 2.52. The molecule has 5 nitrogen and oxygen atoms in total. The Labute approximate surface area is 109 Å². The van der Waals surface area contributed by atoms with E-state index in [2.05, 4.69) is 27.7 Å². The first kappa shape index (κ1) is 13.4. The van der Waals surface area contributed by atoms with E-state index in [0.29, 0.717) is 6.42 Å². The van der Waals surface area contributed by atoms with Gasteiger partial charge in [0.25, 0.3) is 0 Å². The third-order valence-corrected chi connectivity index (χ3v) is 3.06. The summed E-state index contributed by atoms with van der Waals surface area (Å²) in [7, 11) is 0. The van der Waals surface area contributed by atoms with Crippen LogP contribution in [0.2, 0.25) is 0 Å². The highest BCUT2D eigenvalue weighted by Crippen LogP contribution is 2.11. The minimum atomic E-state index is -0.890. The van der Waals surface area contributed by atoms with Crippen molar-refractivity contribution in [3.05, 3.63) is 16.0 Å². The van der Waals surface area contributed by atoms with Gasteiger partial charge in [-0.3, -0.25) is 9.48 Å². The molecular weight excluding hydrogens is 319 g/mol. The van der Waals surface area contributed by atoms with E-state index in [9.17, 15) is 4.79 Å². The Kier molecular flexibility index (Phi) is 4.72. The molecule has 0 fully saturated rings. The molecule has 0 saturated carbocycles. The third kappa shape index (κ3) is 4.09. The van der Waals surface area contributed by atoms with Crippen molar-refractivity contribution in [2.24, 2.45) is 11.5 Å². The molecule has 90 valence electrons. The Morgan fingerprint density at radius 1 is 1.62 bits per heavy atom. The van der Waals surface area contributed by atoms with E-state index in [-0.39, 0.29) is 0 Å². The summed E-state index contributed by atoms with van der Waals surface area (Å²) in [5, 5.41) is 4.17. The molecule has 1 aromatic heterocycles. The predicted octanol–water partition coefficient (Wildman–Crippen LogP) is 0.861. The Hall–Kier alpha value is -0.630. The smallest absolute Gasteiger partial charge is 0.237 e. The maximum absolute atomic E-state index is 11.0. The first-order chi connectivity index (χ1) is 7.42. The molecular formula is C10H17IN4O. The van der Waals surface area contributed by atoms with Gasteiger partial charge in [-0.15, -0.1) is 0 Å². The number of primary amides is 1. The fraction of sp³-hybridized carbons (Fsp3) is 0.600. The van der Waals surface area contributed by atoms with Crippen LogP contribution < -0.4 is 11.5 Å². The van der Waals surface area contributed by atoms with Crippen LogP contribution in [0.4, 0.5) is 0 Å². The van der Waals surface area contributed by atoms with Crippen molar-refractivity contribution in [2.45, 2.75) is 38.3 Å². The molecule has 4 N–H and O–H groups in total. The van der Waals surface area contributed by atoms with E-state index in [4.69, 9.17) is 11.5 Å². The second-order valence-corrected chi connectivity index (χ2v) is 5.41. The molecule has 1 atom stereocenters. The van der Waals surface area contributed by atoms with E-state index in [1.54, 1.807) is 6.92 Å². The number of nitrogens with two attached hydrogens (primary N) is 2. The minimum absolute atomic E-state index is 0.443. The molecule has 1 amide bonds. The van der Waals surface area contributed by atoms with Gasteiger partial charge in [0, 0.05) is 12.7 Å². The van der Waals surface area contributed by atoms with Gasteiger partial charge in [-0.25, -0.2) is 0 Å². The lowest BCUT2D eigenvalue weighted by Gasteiger charge is -2.19. The Balaban J connectivity index is 2.24. The molecule has 0 aliphatic heterocycles. The summed E-state index contributed by atoms with van der Waals surface area (Å²) in [5.41, 5.74) is 10.0. The lowest BCUT2D eigenvalue weighted by Crippen LogP contribution is -2.49. The number of unbranched alkanes of at least 4 members (excludes halogenated alkanes) is 1. The Bertz CT molecular complexity index is 361. The van der Waals surface area contributed by atoms with Gasteiger partial charge in [0.05, 0.1) is 15.3 Å². The Morgan fingerprint density at radius 3 is 2.81 bits per heavy atom. The number of amides is 1. The zero-order chi connectivity index (χ0) is 12.2. The average Bonchev–Trinajstić information content (AvgIpc) is 2.59. The van der Waals surface area contributed by atoms with Gasteiger partial charge in [0.1, 0.15) is 0 Å². The quantitative estimate of drug-likeness (QED) is 0.597. The second kappa shape index (κ2) is 5.62. The van der Waals surface area contributed by atoms with Crippen LogP contribution in [0.3, 0.4) is 0 Å². The number of carbonyl (C=O) groups is 1. The number of halogens is 1. The largest absolute Gasteiger partial charge is 0.368 e. The van der Waals surface area contributed by atoms with Gasteiger partial charge >= 0.3 is 0 Å². The number of aryl methyl sites for hydroxylation is 1. The Morgan fingerprint density at radius 2 is 2.31 bits per heavy atom. The van der Waals surface area contributed by atoms with Crippen molar-refractivity contribution in [1.29, 1.82) is 0 Å². The van der Waals surface area contributed by atoms with Gasteiger partial charge in [-0.05, 0) is 48.8 Å². The monoisotopic (exact) mass is 336 g/mol. The van der Waals surface area contributed by atoms with Crippen LogP contribution in [-0.4, -0.2) is 21.2 Å². The summed E-state index contributed by atoms with van der Waals surface area (Å²) in [6.07, 6.45) is 6.22. The molecule has 1 rings (SSSR count). The molecule has 0 radical (unpaired) electrons. The molecule has 0 spiro atoms. The lowest BCUT2D eigenvalue weighted by molar-refractivity contribution is -0.122. The highest BCUT2D eigenvalue weighted by atomic mass is 127. The summed E-state index contributed by atoms with van der Waals surface area (Å²) >= 11 is 2.22. The summed E-state index contributed by atoms with van der Waals surface area (Å²) in [4.78, 5) is 11.0. The van der Waals surface area contributed by atoms with Crippen LogP contribution in [0.25, 0.3) is 0 Å². The van der Waals surface area contributed by atoms with Crippen molar-refractivity contribution in [3.8, 4) is 0 Å².